The number of anilines is 1. The van der Waals surface area contributed by atoms with E-state index in [1.54, 1.807) is 7.05 Å². The van der Waals surface area contributed by atoms with Crippen LogP contribution in [-0.4, -0.2) is 71.8 Å². The lowest BCUT2D eigenvalue weighted by Crippen LogP contribution is -2.39. The van der Waals surface area contributed by atoms with Crippen molar-refractivity contribution in [3.8, 4) is 11.3 Å². The van der Waals surface area contributed by atoms with E-state index in [0.717, 1.165) is 72.2 Å². The molecule has 158 valence electrons. The maximum Gasteiger partial charge on any atom is 0.251 e. The summed E-state index contributed by atoms with van der Waals surface area (Å²) in [5.41, 5.74) is 5.08. The maximum absolute atomic E-state index is 12.0. The summed E-state index contributed by atoms with van der Waals surface area (Å²) >= 11 is 3.52. The number of aryl methyl sites for hydroxylation is 1. The average molecular weight is 473 g/mol. The highest BCUT2D eigenvalue weighted by Crippen LogP contribution is 2.27. The number of carbonyl (C=O) groups is 1. The van der Waals surface area contributed by atoms with Crippen molar-refractivity contribution in [2.24, 2.45) is 0 Å². The molecule has 0 aliphatic carbocycles. The standard InChI is InChI=1S/C21H25BrN6O2/c1-14-11-15(3-4-16(14)21(29)23-2)18-13-25-20-17(12-19(22)26-28(18)20)24-5-6-27-7-9-30-10-8-27/h3-4,11-13,24H,5-10H2,1-2H3,(H,23,29). The summed E-state index contributed by atoms with van der Waals surface area (Å²) in [6, 6.07) is 7.70. The van der Waals surface area contributed by atoms with E-state index in [-0.39, 0.29) is 5.91 Å². The summed E-state index contributed by atoms with van der Waals surface area (Å²) < 4.78 is 7.96. The third-order valence-electron chi connectivity index (χ3n) is 5.28. The van der Waals surface area contributed by atoms with Crippen LogP contribution in [0.3, 0.4) is 0 Å². The molecule has 1 aliphatic rings. The van der Waals surface area contributed by atoms with Gasteiger partial charge in [0.25, 0.3) is 5.91 Å². The van der Waals surface area contributed by atoms with Gasteiger partial charge in [-0.2, -0.15) is 5.10 Å². The number of carbonyl (C=O) groups excluding carboxylic acids is 1. The van der Waals surface area contributed by atoms with E-state index in [9.17, 15) is 4.79 Å². The van der Waals surface area contributed by atoms with Crippen molar-refractivity contribution in [3.63, 3.8) is 0 Å². The fourth-order valence-corrected chi connectivity index (χ4v) is 4.04. The number of imidazole rings is 1. The first-order chi connectivity index (χ1) is 14.6. The lowest BCUT2D eigenvalue weighted by atomic mass is 10.0. The summed E-state index contributed by atoms with van der Waals surface area (Å²) in [7, 11) is 1.63. The SMILES string of the molecule is CNC(=O)c1ccc(-c2cnc3c(NCCN4CCOCC4)cc(Br)nn23)cc1C. The van der Waals surface area contributed by atoms with Crippen LogP contribution in [0.25, 0.3) is 16.9 Å². The van der Waals surface area contributed by atoms with Crippen molar-refractivity contribution in [1.29, 1.82) is 0 Å². The normalized spacial score (nSPS) is 14.8. The third-order valence-corrected chi connectivity index (χ3v) is 5.67. The minimum absolute atomic E-state index is 0.0928. The van der Waals surface area contributed by atoms with E-state index in [1.165, 1.54) is 0 Å². The summed E-state index contributed by atoms with van der Waals surface area (Å²) in [6.07, 6.45) is 1.82. The number of nitrogens with one attached hydrogen (secondary N) is 2. The molecule has 3 heterocycles. The molecule has 2 aromatic heterocycles. The summed E-state index contributed by atoms with van der Waals surface area (Å²) in [4.78, 5) is 19.0. The summed E-state index contributed by atoms with van der Waals surface area (Å²) in [6.45, 7) is 7.22. The number of fused-ring (bicyclic) bond motifs is 1. The zero-order chi connectivity index (χ0) is 21.1. The van der Waals surface area contributed by atoms with Crippen molar-refractivity contribution in [3.05, 3.63) is 46.2 Å². The van der Waals surface area contributed by atoms with Crippen LogP contribution in [0.2, 0.25) is 0 Å². The van der Waals surface area contributed by atoms with E-state index < -0.39 is 0 Å². The Morgan fingerprint density at radius 1 is 1.27 bits per heavy atom. The first kappa shape index (κ1) is 20.8. The molecule has 0 radical (unpaired) electrons. The summed E-state index contributed by atoms with van der Waals surface area (Å²) in [5.74, 6) is -0.0928. The van der Waals surface area contributed by atoms with Gasteiger partial charge in [-0.05, 0) is 46.6 Å². The van der Waals surface area contributed by atoms with Gasteiger partial charge in [0.2, 0.25) is 0 Å². The van der Waals surface area contributed by atoms with Crippen LogP contribution in [0, 0.1) is 6.92 Å². The van der Waals surface area contributed by atoms with Crippen LogP contribution < -0.4 is 10.6 Å². The molecule has 0 bridgehead atoms. The van der Waals surface area contributed by atoms with Crippen molar-refractivity contribution in [1.82, 2.24) is 24.8 Å². The Labute approximate surface area is 183 Å². The highest BCUT2D eigenvalue weighted by molar-refractivity contribution is 9.10. The predicted octanol–water partition coefficient (Wildman–Crippen LogP) is 2.57. The van der Waals surface area contributed by atoms with E-state index in [1.807, 2.05) is 41.9 Å². The molecule has 3 aromatic rings. The van der Waals surface area contributed by atoms with Crippen LogP contribution >= 0.6 is 15.9 Å². The Bertz CT molecular complexity index is 1060. The molecule has 30 heavy (non-hydrogen) atoms. The monoisotopic (exact) mass is 472 g/mol. The number of hydrogen-bond donors (Lipinski definition) is 2. The van der Waals surface area contributed by atoms with Crippen LogP contribution in [0.15, 0.2) is 35.1 Å². The Hall–Kier alpha value is -2.49. The van der Waals surface area contributed by atoms with E-state index in [2.05, 4.69) is 41.5 Å². The Balaban J connectivity index is 1.59. The van der Waals surface area contributed by atoms with E-state index >= 15 is 0 Å². The van der Waals surface area contributed by atoms with Crippen LogP contribution in [0.4, 0.5) is 5.69 Å². The molecule has 0 unspecified atom stereocenters. The first-order valence-electron chi connectivity index (χ1n) is 9.98. The van der Waals surface area contributed by atoms with Gasteiger partial charge in [0, 0.05) is 44.4 Å². The molecular formula is C21H25BrN6O2. The zero-order valence-corrected chi connectivity index (χ0v) is 18.7. The number of aromatic nitrogens is 3. The molecule has 1 amide bonds. The molecule has 0 atom stereocenters. The molecule has 1 fully saturated rings. The number of nitrogens with zero attached hydrogens (tertiary/aromatic N) is 4. The smallest absolute Gasteiger partial charge is 0.251 e. The molecule has 8 nitrogen and oxygen atoms in total. The van der Waals surface area contributed by atoms with Crippen molar-refractivity contribution in [2.45, 2.75) is 6.92 Å². The minimum Gasteiger partial charge on any atom is -0.381 e. The number of hydrogen-bond acceptors (Lipinski definition) is 6. The maximum atomic E-state index is 12.0. The van der Waals surface area contributed by atoms with Gasteiger partial charge in [-0.15, -0.1) is 0 Å². The number of rotatable bonds is 6. The predicted molar refractivity (Wildman–Crippen MR) is 120 cm³/mol. The number of amides is 1. The van der Waals surface area contributed by atoms with Crippen LogP contribution in [0.5, 0.6) is 0 Å². The lowest BCUT2D eigenvalue weighted by Gasteiger charge is -2.26. The van der Waals surface area contributed by atoms with Crippen molar-refractivity contribution >= 4 is 33.2 Å². The van der Waals surface area contributed by atoms with Crippen LogP contribution in [0.1, 0.15) is 15.9 Å². The van der Waals surface area contributed by atoms with Gasteiger partial charge >= 0.3 is 0 Å². The second kappa shape index (κ2) is 9.11. The molecule has 4 rings (SSSR count). The minimum atomic E-state index is -0.0928. The van der Waals surface area contributed by atoms with Crippen molar-refractivity contribution < 1.29 is 9.53 Å². The Morgan fingerprint density at radius 2 is 2.07 bits per heavy atom. The van der Waals surface area contributed by atoms with Gasteiger partial charge in [-0.25, -0.2) is 9.50 Å². The molecule has 1 aromatic carbocycles. The Kier molecular flexibility index (Phi) is 6.31. The van der Waals surface area contributed by atoms with Gasteiger partial charge in [-0.1, -0.05) is 6.07 Å². The molecule has 9 heteroatoms. The quantitative estimate of drug-likeness (QED) is 0.573. The van der Waals surface area contributed by atoms with Gasteiger partial charge in [0.15, 0.2) is 5.65 Å². The number of morpholine rings is 1. The molecule has 2 N–H and O–H groups in total. The van der Waals surface area contributed by atoms with Crippen LogP contribution in [-0.2, 0) is 4.74 Å². The lowest BCUT2D eigenvalue weighted by molar-refractivity contribution is 0.0398. The Morgan fingerprint density at radius 3 is 2.80 bits per heavy atom. The summed E-state index contributed by atoms with van der Waals surface area (Å²) in [5, 5.41) is 10.8. The highest BCUT2D eigenvalue weighted by Gasteiger charge is 2.15. The van der Waals surface area contributed by atoms with Crippen molar-refractivity contribution in [2.75, 3.05) is 51.8 Å². The van der Waals surface area contributed by atoms with Gasteiger partial charge in [0.05, 0.1) is 30.8 Å². The highest BCUT2D eigenvalue weighted by atomic mass is 79.9. The molecule has 1 saturated heterocycles. The largest absolute Gasteiger partial charge is 0.381 e. The fraction of sp³-hybridized carbons (Fsp3) is 0.381. The van der Waals surface area contributed by atoms with Gasteiger partial charge in [-0.3, -0.25) is 9.69 Å². The topological polar surface area (TPSA) is 83.8 Å². The average Bonchev–Trinajstić information content (AvgIpc) is 3.17. The van der Waals surface area contributed by atoms with E-state index in [4.69, 9.17) is 4.74 Å². The fourth-order valence-electron chi connectivity index (χ4n) is 3.65. The molecular weight excluding hydrogens is 448 g/mol. The number of halogens is 1. The van der Waals surface area contributed by atoms with Gasteiger partial charge in [0.1, 0.15) is 4.60 Å². The second-order valence-electron chi connectivity index (χ2n) is 7.25. The first-order valence-corrected chi connectivity index (χ1v) is 10.8. The number of benzene rings is 1. The second-order valence-corrected chi connectivity index (χ2v) is 8.06. The molecule has 0 saturated carbocycles. The molecule has 0 spiro atoms. The molecule has 1 aliphatic heterocycles. The number of ether oxygens (including phenoxy) is 1. The van der Waals surface area contributed by atoms with Gasteiger partial charge < -0.3 is 15.4 Å². The third kappa shape index (κ3) is 4.33. The van der Waals surface area contributed by atoms with E-state index in [0.29, 0.717) is 5.56 Å². The zero-order valence-electron chi connectivity index (χ0n) is 17.1.